The van der Waals surface area contributed by atoms with Gasteiger partial charge in [-0.05, 0) is 18.9 Å². The first-order valence-electron chi connectivity index (χ1n) is 10.6. The molecule has 4 rings (SSSR count). The van der Waals surface area contributed by atoms with Crippen molar-refractivity contribution in [3.63, 3.8) is 0 Å². The zero-order chi connectivity index (χ0) is 27.5. The number of rotatable bonds is 5. The Morgan fingerprint density at radius 1 is 1.24 bits per heavy atom. The molecule has 3 aromatic rings. The summed E-state index contributed by atoms with van der Waals surface area (Å²) in [6.07, 6.45) is -2.69. The van der Waals surface area contributed by atoms with Gasteiger partial charge in [-0.1, -0.05) is 6.42 Å². The van der Waals surface area contributed by atoms with Crippen molar-refractivity contribution in [2.45, 2.75) is 50.2 Å². The van der Waals surface area contributed by atoms with E-state index in [2.05, 4.69) is 25.8 Å². The minimum Gasteiger partial charge on any atom is -0.475 e. The topological polar surface area (TPSA) is 126 Å². The zero-order valence-corrected chi connectivity index (χ0v) is 18.9. The monoisotopic (exact) mass is 539 g/mol. The van der Waals surface area contributed by atoms with Crippen LogP contribution in [0.1, 0.15) is 48.2 Å². The van der Waals surface area contributed by atoms with Crippen LogP contribution in [0.15, 0.2) is 24.7 Å². The molecule has 202 valence electrons. The maximum absolute atomic E-state index is 14.1. The van der Waals surface area contributed by atoms with Crippen LogP contribution in [0, 0.1) is 0 Å². The molecular weight excluding hydrogens is 519 g/mol. The van der Waals surface area contributed by atoms with Crippen molar-refractivity contribution in [3.8, 4) is 0 Å². The lowest BCUT2D eigenvalue weighted by atomic mass is 9.91. The summed E-state index contributed by atoms with van der Waals surface area (Å²) in [4.78, 5) is 25.8. The normalized spacial score (nSPS) is 17.3. The van der Waals surface area contributed by atoms with Crippen LogP contribution < -0.4 is 10.6 Å². The van der Waals surface area contributed by atoms with Gasteiger partial charge in [0.05, 0.1) is 17.9 Å². The van der Waals surface area contributed by atoms with Gasteiger partial charge in [-0.3, -0.25) is 9.48 Å². The third kappa shape index (κ3) is 6.65. The van der Waals surface area contributed by atoms with Gasteiger partial charge in [-0.25, -0.2) is 31.9 Å². The molecule has 0 unspecified atom stereocenters. The summed E-state index contributed by atoms with van der Waals surface area (Å²) in [5.74, 6) is -6.14. The molecule has 0 aromatic carbocycles. The van der Waals surface area contributed by atoms with E-state index in [4.69, 9.17) is 9.90 Å². The number of aromatic nitrogens is 5. The number of alkyl halides is 7. The van der Waals surface area contributed by atoms with E-state index >= 15 is 0 Å². The number of anilines is 2. The predicted octanol–water partition coefficient (Wildman–Crippen LogP) is 4.28. The number of carbonyl (C=O) groups is 2. The highest BCUT2D eigenvalue weighted by Crippen LogP contribution is 2.35. The quantitative estimate of drug-likeness (QED) is 0.414. The van der Waals surface area contributed by atoms with Gasteiger partial charge in [0.25, 0.3) is 18.3 Å². The van der Waals surface area contributed by atoms with Gasteiger partial charge >= 0.3 is 12.1 Å². The number of aliphatic carboxylic acids is 1. The number of carboxylic acid groups (broad SMARTS) is 1. The number of carboxylic acids is 1. The second kappa shape index (κ2) is 10.6. The van der Waals surface area contributed by atoms with Crippen LogP contribution in [0.3, 0.4) is 0 Å². The summed E-state index contributed by atoms with van der Waals surface area (Å²) in [5, 5.41) is 19.9. The smallest absolute Gasteiger partial charge is 0.475 e. The fourth-order valence-electron chi connectivity index (χ4n) is 3.51. The van der Waals surface area contributed by atoms with Crippen LogP contribution in [0.4, 0.5) is 42.2 Å². The fraction of sp³-hybridized carbons (Fsp3) is 0.450. The van der Waals surface area contributed by atoms with Crippen molar-refractivity contribution in [3.05, 3.63) is 35.9 Å². The first-order chi connectivity index (χ1) is 17.2. The van der Waals surface area contributed by atoms with Crippen LogP contribution >= 0.6 is 0 Å². The van der Waals surface area contributed by atoms with Gasteiger partial charge in [-0.15, -0.1) is 0 Å². The maximum atomic E-state index is 14.1. The molecule has 1 aliphatic rings. The van der Waals surface area contributed by atoms with Crippen molar-refractivity contribution in [2.75, 3.05) is 10.6 Å². The molecule has 1 aliphatic carbocycles. The summed E-state index contributed by atoms with van der Waals surface area (Å²) < 4.78 is 88.6. The Morgan fingerprint density at radius 3 is 2.51 bits per heavy atom. The van der Waals surface area contributed by atoms with Crippen molar-refractivity contribution >= 4 is 29.0 Å². The number of nitrogens with one attached hydrogen (secondary N) is 2. The Bertz CT molecular complexity index is 1270. The summed E-state index contributed by atoms with van der Waals surface area (Å²) in [6.45, 7) is 0. The van der Waals surface area contributed by atoms with Crippen molar-refractivity contribution < 1.29 is 45.4 Å². The second-order valence-corrected chi connectivity index (χ2v) is 8.00. The molecule has 37 heavy (non-hydrogen) atoms. The third-order valence-electron chi connectivity index (χ3n) is 5.25. The summed E-state index contributed by atoms with van der Waals surface area (Å²) in [6, 6.07) is 0.438. The van der Waals surface area contributed by atoms with E-state index in [0.717, 1.165) is 4.68 Å². The number of carbonyl (C=O) groups excluding carboxylic acids is 1. The number of hydrogen-bond donors (Lipinski definition) is 3. The first kappa shape index (κ1) is 27.7. The molecular formula is C20H20F7N7O3. The molecule has 0 aliphatic heterocycles. The molecule has 3 N–H and O–H groups in total. The molecule has 0 saturated heterocycles. The number of aryl methyl sites for hydroxylation is 1. The van der Waals surface area contributed by atoms with Gasteiger partial charge in [0.15, 0.2) is 11.3 Å². The molecule has 17 heteroatoms. The van der Waals surface area contributed by atoms with Crippen molar-refractivity contribution in [2.24, 2.45) is 7.05 Å². The van der Waals surface area contributed by atoms with Crippen LogP contribution in [-0.4, -0.2) is 59.5 Å². The predicted molar refractivity (Wildman–Crippen MR) is 114 cm³/mol. The molecule has 0 radical (unpaired) electrons. The number of amides is 1. The number of halogens is 7. The largest absolute Gasteiger partial charge is 0.490 e. The summed E-state index contributed by atoms with van der Waals surface area (Å²) >= 11 is 0. The Kier molecular flexibility index (Phi) is 7.92. The highest BCUT2D eigenvalue weighted by molar-refractivity contribution is 6.08. The molecule has 1 amide bonds. The number of fused-ring (bicyclic) bond motifs is 1. The molecule has 10 nitrogen and oxygen atoms in total. The summed E-state index contributed by atoms with van der Waals surface area (Å²) in [7, 11) is 1.46. The first-order valence-corrected chi connectivity index (χ1v) is 10.6. The minimum absolute atomic E-state index is 0.0122. The lowest BCUT2D eigenvalue weighted by molar-refractivity contribution is -0.192. The molecule has 1 saturated carbocycles. The highest BCUT2D eigenvalue weighted by atomic mass is 19.4. The van der Waals surface area contributed by atoms with Gasteiger partial charge < -0.3 is 15.7 Å². The van der Waals surface area contributed by atoms with Gasteiger partial charge in [0.2, 0.25) is 0 Å². The van der Waals surface area contributed by atoms with Crippen LogP contribution in [0.5, 0.6) is 0 Å². The Hall–Kier alpha value is -3.92. The molecule has 0 bridgehead atoms. The molecule has 1 fully saturated rings. The fourth-order valence-corrected chi connectivity index (χ4v) is 3.51. The van der Waals surface area contributed by atoms with Crippen LogP contribution in [0.2, 0.25) is 0 Å². The SMILES string of the molecule is Cn1cc(NC(=O)c2cnn3ccc(N[C@H]4CCCCC4(F)F)nc23)c(C(F)F)n1.O=C(O)C(F)(F)F. The van der Waals surface area contributed by atoms with E-state index in [0.29, 0.717) is 19.3 Å². The van der Waals surface area contributed by atoms with E-state index in [1.165, 1.54) is 36.2 Å². The van der Waals surface area contributed by atoms with Crippen LogP contribution in [0.25, 0.3) is 5.65 Å². The summed E-state index contributed by atoms with van der Waals surface area (Å²) in [5.41, 5.74) is -0.567. The molecule has 1 atom stereocenters. The van der Waals surface area contributed by atoms with Crippen molar-refractivity contribution in [1.29, 1.82) is 0 Å². The molecule has 3 heterocycles. The van der Waals surface area contributed by atoms with Gasteiger partial charge in [0, 0.05) is 25.9 Å². The Morgan fingerprint density at radius 2 is 1.92 bits per heavy atom. The van der Waals surface area contributed by atoms with E-state index in [-0.39, 0.29) is 29.1 Å². The standard InChI is InChI=1S/C18H19F4N7O.C2HF3O2/c1-28-9-11(14(27-28)15(19)20)24-17(30)10-8-23-29-7-5-13(26-16(10)29)25-12-4-2-3-6-18(12,21)22;3-2(4,5)1(6)7/h5,7-9,12,15H,2-4,6H2,1H3,(H,24,30)(H,25,26);(H,6,7)/t12-;/m0./s1. The third-order valence-corrected chi connectivity index (χ3v) is 5.25. The van der Waals surface area contributed by atoms with Gasteiger partial charge in [-0.2, -0.15) is 23.4 Å². The van der Waals surface area contributed by atoms with Crippen molar-refractivity contribution in [1.82, 2.24) is 24.4 Å². The van der Waals surface area contributed by atoms with Crippen LogP contribution in [-0.2, 0) is 11.8 Å². The van der Waals surface area contributed by atoms with E-state index in [1.807, 2.05) is 0 Å². The number of nitrogens with zero attached hydrogens (tertiary/aromatic N) is 5. The lowest BCUT2D eigenvalue weighted by Crippen LogP contribution is -2.42. The maximum Gasteiger partial charge on any atom is 0.490 e. The zero-order valence-electron chi connectivity index (χ0n) is 18.9. The average molecular weight is 539 g/mol. The van der Waals surface area contributed by atoms with E-state index in [9.17, 15) is 35.5 Å². The molecule has 3 aromatic heterocycles. The second-order valence-electron chi connectivity index (χ2n) is 8.00. The Labute approximate surface area is 203 Å². The van der Waals surface area contributed by atoms with E-state index in [1.54, 1.807) is 0 Å². The lowest BCUT2D eigenvalue weighted by Gasteiger charge is -2.32. The average Bonchev–Trinajstić information content (AvgIpc) is 3.38. The number of hydrogen-bond acceptors (Lipinski definition) is 6. The Balaban J connectivity index is 0.000000479. The van der Waals surface area contributed by atoms with E-state index < -0.39 is 42.1 Å². The molecule has 0 spiro atoms. The highest BCUT2D eigenvalue weighted by Gasteiger charge is 2.41. The van der Waals surface area contributed by atoms with Gasteiger partial charge in [0.1, 0.15) is 11.4 Å². The minimum atomic E-state index is -5.08.